The van der Waals surface area contributed by atoms with Gasteiger partial charge in [0, 0.05) is 25.7 Å². The van der Waals surface area contributed by atoms with Crippen molar-refractivity contribution < 1.29 is 80.2 Å². The standard InChI is InChI=1S/C87H170O17P2/c1-8-9-10-11-12-13-14-15-16-17-18-19-22-29-34-41-49-56-63-70-86(91)103-82(74-97-84(89)68-61-54-47-40-33-28-23-20-21-26-31-37-44-51-58-65-78(2)3)76-101-105(93,94)99-72-81(88)73-100-106(95,96)102-77-83(75-98-85(90)69-62-55-48-43-36-39-46-53-60-67-80(6)7)104-87(92)71-64-57-50-42-35-30-25-24-27-32-38-45-52-59-66-79(4)5/h78-83,88H,8-77H2,1-7H3,(H,93,94)(H,95,96)/t81-,82-,83-/m1/s1. The lowest BCUT2D eigenvalue weighted by Gasteiger charge is -2.21. The van der Waals surface area contributed by atoms with Crippen LogP contribution < -0.4 is 0 Å². The summed E-state index contributed by atoms with van der Waals surface area (Å²) in [5.74, 6) is 0.243. The number of hydrogen-bond acceptors (Lipinski definition) is 15. The van der Waals surface area contributed by atoms with Gasteiger partial charge in [0.05, 0.1) is 26.4 Å². The Labute approximate surface area is 651 Å². The molecule has 0 aliphatic rings. The lowest BCUT2D eigenvalue weighted by atomic mass is 10.0. The number of rotatable bonds is 85. The molecule has 0 aromatic carbocycles. The summed E-state index contributed by atoms with van der Waals surface area (Å²) in [5.41, 5.74) is 0. The van der Waals surface area contributed by atoms with E-state index in [2.05, 4.69) is 48.5 Å². The van der Waals surface area contributed by atoms with Crippen molar-refractivity contribution in [2.75, 3.05) is 39.6 Å². The van der Waals surface area contributed by atoms with Gasteiger partial charge in [-0.25, -0.2) is 9.13 Å². The van der Waals surface area contributed by atoms with E-state index in [9.17, 15) is 43.2 Å². The van der Waals surface area contributed by atoms with Gasteiger partial charge in [-0.3, -0.25) is 37.3 Å². The monoisotopic (exact) mass is 1550 g/mol. The molecule has 0 fully saturated rings. The fraction of sp³-hybridized carbons (Fsp3) is 0.954. The number of phosphoric acid groups is 2. The largest absolute Gasteiger partial charge is 0.472 e. The number of hydrogen-bond donors (Lipinski definition) is 3. The molecule has 0 aromatic heterocycles. The highest BCUT2D eigenvalue weighted by Crippen LogP contribution is 2.45. The summed E-state index contributed by atoms with van der Waals surface area (Å²) in [5, 5.41) is 10.7. The summed E-state index contributed by atoms with van der Waals surface area (Å²) in [6.07, 6.45) is 68.0. The molecule has 17 nitrogen and oxygen atoms in total. The minimum Gasteiger partial charge on any atom is -0.462 e. The van der Waals surface area contributed by atoms with Crippen molar-refractivity contribution >= 4 is 39.5 Å². The van der Waals surface area contributed by atoms with Crippen LogP contribution in [0.25, 0.3) is 0 Å². The number of phosphoric ester groups is 2. The molecule has 0 saturated carbocycles. The fourth-order valence-electron chi connectivity index (χ4n) is 13.5. The summed E-state index contributed by atoms with van der Waals surface area (Å²) >= 11 is 0. The van der Waals surface area contributed by atoms with Crippen LogP contribution in [-0.2, 0) is 65.4 Å². The lowest BCUT2D eigenvalue weighted by molar-refractivity contribution is -0.161. The molecule has 0 amide bonds. The number of carbonyl (C=O) groups is 4. The number of esters is 4. The Hall–Kier alpha value is -1.94. The Morgan fingerprint density at radius 1 is 0.255 bits per heavy atom. The zero-order chi connectivity index (χ0) is 77.9. The first-order valence-electron chi connectivity index (χ1n) is 44.8. The Morgan fingerprint density at radius 2 is 0.434 bits per heavy atom. The molecule has 0 aliphatic heterocycles. The third-order valence-electron chi connectivity index (χ3n) is 20.4. The van der Waals surface area contributed by atoms with Crippen LogP contribution in [0.1, 0.15) is 459 Å². The predicted octanol–water partition coefficient (Wildman–Crippen LogP) is 26.5. The highest BCUT2D eigenvalue weighted by atomic mass is 31.2. The van der Waals surface area contributed by atoms with Gasteiger partial charge in [0.25, 0.3) is 0 Å². The van der Waals surface area contributed by atoms with Gasteiger partial charge < -0.3 is 33.8 Å². The SMILES string of the molecule is CCCCCCCCCCCCCCCCCCCCCC(=O)O[C@H](COC(=O)CCCCCCCCCCCCCCCCCC(C)C)COP(=O)(O)OC[C@@H](O)COP(=O)(O)OC[C@@H](COC(=O)CCCCCCCCCCCC(C)C)OC(=O)CCCCCCCCCCCCCCCCC(C)C. The maximum atomic E-state index is 13.2. The number of ether oxygens (including phenoxy) is 4. The topological polar surface area (TPSA) is 237 Å². The van der Waals surface area contributed by atoms with E-state index in [0.29, 0.717) is 25.7 Å². The van der Waals surface area contributed by atoms with Crippen molar-refractivity contribution in [3.05, 3.63) is 0 Å². The van der Waals surface area contributed by atoms with E-state index in [1.165, 1.54) is 270 Å². The first-order chi connectivity index (χ1) is 51.2. The molecule has 106 heavy (non-hydrogen) atoms. The van der Waals surface area contributed by atoms with E-state index < -0.39 is 97.5 Å². The molecule has 0 spiro atoms. The van der Waals surface area contributed by atoms with Crippen molar-refractivity contribution in [3.8, 4) is 0 Å². The van der Waals surface area contributed by atoms with Crippen LogP contribution in [0.5, 0.6) is 0 Å². The van der Waals surface area contributed by atoms with Crippen LogP contribution in [0.3, 0.4) is 0 Å². The van der Waals surface area contributed by atoms with E-state index in [1.807, 2.05) is 0 Å². The molecule has 3 N–H and O–H groups in total. The first kappa shape index (κ1) is 104. The van der Waals surface area contributed by atoms with E-state index in [-0.39, 0.29) is 25.7 Å². The lowest BCUT2D eigenvalue weighted by Crippen LogP contribution is -2.30. The molecule has 0 heterocycles. The van der Waals surface area contributed by atoms with Gasteiger partial charge in [0.15, 0.2) is 12.2 Å². The Morgan fingerprint density at radius 3 is 0.642 bits per heavy atom. The van der Waals surface area contributed by atoms with Crippen LogP contribution in [0, 0.1) is 17.8 Å². The molecule has 0 saturated heterocycles. The second-order valence-corrected chi connectivity index (χ2v) is 35.6. The summed E-state index contributed by atoms with van der Waals surface area (Å²) in [4.78, 5) is 73.3. The zero-order valence-corrected chi connectivity index (χ0v) is 71.7. The van der Waals surface area contributed by atoms with Crippen LogP contribution in [0.15, 0.2) is 0 Å². The van der Waals surface area contributed by atoms with Gasteiger partial charge in [0.2, 0.25) is 0 Å². The van der Waals surface area contributed by atoms with Crippen LogP contribution >= 0.6 is 15.6 Å². The van der Waals surface area contributed by atoms with Crippen molar-refractivity contribution in [2.24, 2.45) is 17.8 Å². The quantitative estimate of drug-likeness (QED) is 0.0222. The highest BCUT2D eigenvalue weighted by Gasteiger charge is 2.30. The Kier molecular flexibility index (Phi) is 75.6. The average molecular weight is 1550 g/mol. The van der Waals surface area contributed by atoms with Gasteiger partial charge in [-0.05, 0) is 43.4 Å². The van der Waals surface area contributed by atoms with E-state index in [1.54, 1.807) is 0 Å². The zero-order valence-electron chi connectivity index (χ0n) is 69.9. The van der Waals surface area contributed by atoms with Crippen LogP contribution in [0.2, 0.25) is 0 Å². The first-order valence-corrected chi connectivity index (χ1v) is 47.8. The molecule has 0 aromatic rings. The normalized spacial score (nSPS) is 13.9. The van der Waals surface area contributed by atoms with E-state index in [4.69, 9.17) is 37.0 Å². The maximum absolute atomic E-state index is 13.2. The second-order valence-electron chi connectivity index (χ2n) is 32.7. The number of aliphatic hydroxyl groups is 1. The number of unbranched alkanes of at least 4 members (excludes halogenated alkanes) is 53. The predicted molar refractivity (Wildman–Crippen MR) is 437 cm³/mol. The van der Waals surface area contributed by atoms with Gasteiger partial charge in [-0.15, -0.1) is 0 Å². The molecule has 2 unspecified atom stereocenters. The summed E-state index contributed by atoms with van der Waals surface area (Å²) in [7, 11) is -9.93. The van der Waals surface area contributed by atoms with Crippen LogP contribution in [0.4, 0.5) is 0 Å². The van der Waals surface area contributed by atoms with Gasteiger partial charge in [0.1, 0.15) is 19.3 Å². The third-order valence-corrected chi connectivity index (χ3v) is 22.3. The molecule has 630 valence electrons. The highest BCUT2D eigenvalue weighted by molar-refractivity contribution is 7.47. The fourth-order valence-corrected chi connectivity index (χ4v) is 15.1. The number of carbonyl (C=O) groups excluding carboxylic acids is 4. The Bertz CT molecular complexity index is 2040. The molecular weight excluding hydrogens is 1380 g/mol. The van der Waals surface area contributed by atoms with E-state index >= 15 is 0 Å². The summed E-state index contributed by atoms with van der Waals surface area (Å²) < 4.78 is 69.0. The molecular formula is C87H170O17P2. The van der Waals surface area contributed by atoms with E-state index in [0.717, 1.165) is 108 Å². The minimum absolute atomic E-state index is 0.107. The molecule has 0 aliphatic carbocycles. The third kappa shape index (κ3) is 80.1. The number of aliphatic hydroxyl groups excluding tert-OH is 1. The maximum Gasteiger partial charge on any atom is 0.472 e. The smallest absolute Gasteiger partial charge is 0.462 e. The van der Waals surface area contributed by atoms with Crippen molar-refractivity contribution in [1.82, 2.24) is 0 Å². The summed E-state index contributed by atoms with van der Waals surface area (Å²) in [6, 6.07) is 0. The van der Waals surface area contributed by atoms with Crippen molar-refractivity contribution in [1.29, 1.82) is 0 Å². The molecule has 5 atom stereocenters. The minimum atomic E-state index is -4.97. The molecule has 19 heteroatoms. The van der Waals surface area contributed by atoms with Crippen LogP contribution in [-0.4, -0.2) is 96.7 Å². The van der Waals surface area contributed by atoms with Gasteiger partial charge in [-0.2, -0.15) is 0 Å². The Balaban J connectivity index is 5.26. The average Bonchev–Trinajstić information content (AvgIpc) is 0.899. The summed E-state index contributed by atoms with van der Waals surface area (Å²) in [6.45, 7) is 12.0. The van der Waals surface area contributed by atoms with Gasteiger partial charge in [-0.1, -0.05) is 408 Å². The second kappa shape index (κ2) is 77.0. The molecule has 0 rings (SSSR count). The van der Waals surface area contributed by atoms with Crippen molar-refractivity contribution in [2.45, 2.75) is 478 Å². The molecule has 0 radical (unpaired) electrons. The van der Waals surface area contributed by atoms with Gasteiger partial charge >= 0.3 is 39.5 Å². The molecule has 0 bridgehead atoms. The van der Waals surface area contributed by atoms with Crippen molar-refractivity contribution in [3.63, 3.8) is 0 Å².